The molecule has 0 fully saturated rings. The van der Waals surface area contributed by atoms with Crippen molar-refractivity contribution in [2.75, 3.05) is 0 Å². The first-order valence-electron chi connectivity index (χ1n) is 6.34. The molecule has 2 rings (SSSR count). The first kappa shape index (κ1) is 14.0. The number of carboxylic acid groups (broad SMARTS) is 1. The van der Waals surface area contributed by atoms with E-state index >= 15 is 0 Å². The summed E-state index contributed by atoms with van der Waals surface area (Å²) < 4.78 is 2.32. The molecule has 0 saturated heterocycles. The number of rotatable bonds is 3. The lowest BCUT2D eigenvalue weighted by Gasteiger charge is -2.06. The Labute approximate surface area is 116 Å². The Bertz CT molecular complexity index is 706. The number of carbonyl (C=O) groups is 1. The molecule has 0 saturated carbocycles. The van der Waals surface area contributed by atoms with E-state index < -0.39 is 11.7 Å². The van der Waals surface area contributed by atoms with Crippen molar-refractivity contribution in [2.45, 2.75) is 33.7 Å². The maximum Gasteiger partial charge on any atom is 0.374 e. The number of nitrogens with zero attached hydrogens (tertiary/aromatic N) is 3. The van der Waals surface area contributed by atoms with E-state index in [0.29, 0.717) is 5.69 Å². The summed E-state index contributed by atoms with van der Waals surface area (Å²) in [6, 6.07) is 5.31. The predicted molar refractivity (Wildman–Crippen MR) is 74.6 cm³/mol. The van der Waals surface area contributed by atoms with Crippen molar-refractivity contribution >= 4 is 5.97 Å². The summed E-state index contributed by atoms with van der Waals surface area (Å²) in [5, 5.41) is 13.1. The van der Waals surface area contributed by atoms with Crippen molar-refractivity contribution in [3.63, 3.8) is 0 Å². The number of aromatic carboxylic acids is 1. The molecule has 0 bridgehead atoms. The summed E-state index contributed by atoms with van der Waals surface area (Å²) in [4.78, 5) is 23.6. The molecular weight excluding hydrogens is 258 g/mol. The molecule has 20 heavy (non-hydrogen) atoms. The van der Waals surface area contributed by atoms with Gasteiger partial charge in [0, 0.05) is 6.04 Å². The van der Waals surface area contributed by atoms with Crippen molar-refractivity contribution in [1.82, 2.24) is 14.3 Å². The van der Waals surface area contributed by atoms with Gasteiger partial charge in [0.05, 0.1) is 5.69 Å². The van der Waals surface area contributed by atoms with E-state index in [9.17, 15) is 14.7 Å². The highest BCUT2D eigenvalue weighted by Crippen LogP contribution is 2.13. The van der Waals surface area contributed by atoms with Crippen LogP contribution in [-0.4, -0.2) is 25.4 Å². The van der Waals surface area contributed by atoms with E-state index in [0.717, 1.165) is 15.8 Å². The summed E-state index contributed by atoms with van der Waals surface area (Å²) in [5.74, 6) is -1.46. The van der Waals surface area contributed by atoms with Crippen molar-refractivity contribution in [1.29, 1.82) is 0 Å². The fraction of sp³-hybridized carbons (Fsp3) is 0.357. The molecular formula is C14H17N3O3. The van der Waals surface area contributed by atoms with Crippen molar-refractivity contribution in [3.05, 3.63) is 45.6 Å². The standard InChI is InChI=1S/C14H17N3O3/c1-8(2)16-12(13(18)19)15-17(14(16)20)11-6-9(3)5-10(4)7-11/h5-8H,1-4H3,(H,18,19). The number of benzene rings is 1. The van der Waals surface area contributed by atoms with Gasteiger partial charge in [-0.15, -0.1) is 5.10 Å². The van der Waals surface area contributed by atoms with E-state index in [1.54, 1.807) is 26.0 Å². The van der Waals surface area contributed by atoms with Gasteiger partial charge < -0.3 is 5.11 Å². The third kappa shape index (κ3) is 2.36. The zero-order valence-corrected chi connectivity index (χ0v) is 11.9. The van der Waals surface area contributed by atoms with E-state index in [1.165, 1.54) is 4.57 Å². The van der Waals surface area contributed by atoms with E-state index in [4.69, 9.17) is 0 Å². The largest absolute Gasteiger partial charge is 0.475 e. The Kier molecular flexibility index (Phi) is 3.48. The van der Waals surface area contributed by atoms with Gasteiger partial charge >= 0.3 is 11.7 Å². The van der Waals surface area contributed by atoms with Crippen LogP contribution in [0.5, 0.6) is 0 Å². The van der Waals surface area contributed by atoms with Gasteiger partial charge in [0.1, 0.15) is 0 Å². The van der Waals surface area contributed by atoms with Crippen LogP contribution in [-0.2, 0) is 0 Å². The van der Waals surface area contributed by atoms with Crippen molar-refractivity contribution in [2.24, 2.45) is 0 Å². The molecule has 0 spiro atoms. The lowest BCUT2D eigenvalue weighted by molar-refractivity contribution is 0.0675. The Morgan fingerprint density at radius 1 is 1.20 bits per heavy atom. The third-order valence-electron chi connectivity index (χ3n) is 2.97. The van der Waals surface area contributed by atoms with Crippen LogP contribution < -0.4 is 5.69 Å². The summed E-state index contributed by atoms with van der Waals surface area (Å²) in [5.41, 5.74) is 2.11. The smallest absolute Gasteiger partial charge is 0.374 e. The fourth-order valence-electron chi connectivity index (χ4n) is 2.23. The molecule has 0 aliphatic rings. The van der Waals surface area contributed by atoms with Crippen molar-refractivity contribution < 1.29 is 9.90 Å². The molecule has 1 heterocycles. The Hall–Kier alpha value is -2.37. The summed E-state index contributed by atoms with van der Waals surface area (Å²) >= 11 is 0. The van der Waals surface area contributed by atoms with Gasteiger partial charge in [0.15, 0.2) is 0 Å². The van der Waals surface area contributed by atoms with Gasteiger partial charge in [-0.05, 0) is 51.0 Å². The van der Waals surface area contributed by atoms with Gasteiger partial charge in [-0.2, -0.15) is 4.68 Å². The zero-order valence-electron chi connectivity index (χ0n) is 11.9. The quantitative estimate of drug-likeness (QED) is 0.928. The minimum absolute atomic E-state index is 0.246. The Morgan fingerprint density at radius 3 is 2.15 bits per heavy atom. The SMILES string of the molecule is Cc1cc(C)cc(-n2nc(C(=O)O)n(C(C)C)c2=O)c1. The van der Waals surface area contributed by atoms with Crippen LogP contribution in [0.3, 0.4) is 0 Å². The second kappa shape index (κ2) is 4.96. The maximum atomic E-state index is 12.4. The topological polar surface area (TPSA) is 77.1 Å². The highest BCUT2D eigenvalue weighted by atomic mass is 16.4. The third-order valence-corrected chi connectivity index (χ3v) is 2.97. The zero-order chi connectivity index (χ0) is 15.0. The molecule has 6 nitrogen and oxygen atoms in total. The number of aryl methyl sites for hydroxylation is 2. The van der Waals surface area contributed by atoms with Crippen LogP contribution in [0.2, 0.25) is 0 Å². The minimum atomic E-state index is -1.21. The lowest BCUT2D eigenvalue weighted by atomic mass is 10.1. The molecule has 0 atom stereocenters. The van der Waals surface area contributed by atoms with Crippen LogP contribution >= 0.6 is 0 Å². The highest BCUT2D eigenvalue weighted by molar-refractivity contribution is 5.83. The molecule has 0 aliphatic carbocycles. The normalized spacial score (nSPS) is 11.1. The lowest BCUT2D eigenvalue weighted by Crippen LogP contribution is -2.26. The number of aromatic nitrogens is 3. The highest BCUT2D eigenvalue weighted by Gasteiger charge is 2.21. The van der Waals surface area contributed by atoms with Crippen LogP contribution in [0.15, 0.2) is 23.0 Å². The Morgan fingerprint density at radius 2 is 1.75 bits per heavy atom. The van der Waals surface area contributed by atoms with Gasteiger partial charge in [-0.3, -0.25) is 4.57 Å². The van der Waals surface area contributed by atoms with Crippen LogP contribution in [0.1, 0.15) is 41.6 Å². The molecule has 2 aromatic rings. The van der Waals surface area contributed by atoms with Crippen LogP contribution in [0, 0.1) is 13.8 Å². The number of hydrogen-bond acceptors (Lipinski definition) is 3. The maximum absolute atomic E-state index is 12.4. The Balaban J connectivity index is 2.73. The van der Waals surface area contributed by atoms with Gasteiger partial charge in [0.2, 0.25) is 5.82 Å². The van der Waals surface area contributed by atoms with Crippen LogP contribution in [0.4, 0.5) is 0 Å². The van der Waals surface area contributed by atoms with Crippen molar-refractivity contribution in [3.8, 4) is 5.69 Å². The summed E-state index contributed by atoms with van der Waals surface area (Å²) in [6.45, 7) is 7.33. The molecule has 0 radical (unpaired) electrons. The molecule has 1 aromatic heterocycles. The first-order chi connectivity index (χ1) is 9.31. The average Bonchev–Trinajstić information content (AvgIpc) is 2.65. The molecule has 106 valence electrons. The summed E-state index contributed by atoms with van der Waals surface area (Å²) in [7, 11) is 0. The molecule has 0 amide bonds. The van der Waals surface area contributed by atoms with Gasteiger partial charge in [0.25, 0.3) is 0 Å². The first-order valence-corrected chi connectivity index (χ1v) is 6.34. The number of carboxylic acids is 1. The fourth-order valence-corrected chi connectivity index (χ4v) is 2.23. The average molecular weight is 275 g/mol. The summed E-state index contributed by atoms with van der Waals surface area (Å²) in [6.07, 6.45) is 0. The van der Waals surface area contributed by atoms with Gasteiger partial charge in [-0.25, -0.2) is 9.59 Å². The van der Waals surface area contributed by atoms with E-state index in [1.807, 2.05) is 19.9 Å². The molecule has 6 heteroatoms. The minimum Gasteiger partial charge on any atom is -0.475 e. The molecule has 0 aliphatic heterocycles. The second-order valence-corrected chi connectivity index (χ2v) is 5.13. The molecule has 0 unspecified atom stereocenters. The van der Waals surface area contributed by atoms with E-state index in [-0.39, 0.29) is 11.9 Å². The second-order valence-electron chi connectivity index (χ2n) is 5.13. The number of hydrogen-bond donors (Lipinski definition) is 1. The van der Waals surface area contributed by atoms with Crippen LogP contribution in [0.25, 0.3) is 5.69 Å². The van der Waals surface area contributed by atoms with E-state index in [2.05, 4.69) is 5.10 Å². The molecule has 1 N–H and O–H groups in total. The predicted octanol–water partition coefficient (Wildman–Crippen LogP) is 1.93. The monoisotopic (exact) mass is 275 g/mol. The molecule has 1 aromatic carbocycles. The van der Waals surface area contributed by atoms with Gasteiger partial charge in [-0.1, -0.05) is 6.07 Å².